The minimum Gasteiger partial charge on any atom is -0.480 e. The van der Waals surface area contributed by atoms with Gasteiger partial charge in [-0.3, -0.25) is 9.59 Å². The number of carbonyl (C=O) groups is 3. The Morgan fingerprint density at radius 3 is 2.64 bits per heavy atom. The molecule has 11 heteroatoms. The van der Waals surface area contributed by atoms with Gasteiger partial charge in [0.1, 0.15) is 6.04 Å². The lowest BCUT2D eigenvalue weighted by Crippen LogP contribution is -2.64. The van der Waals surface area contributed by atoms with Crippen molar-refractivity contribution >= 4 is 38.6 Å². The summed E-state index contributed by atoms with van der Waals surface area (Å²) in [4.78, 5) is 43.8. The Labute approximate surface area is 191 Å². The average molecular weight is 475 g/mol. The molecule has 2 N–H and O–H groups in total. The second-order valence-corrected chi connectivity index (χ2v) is 10.2. The Morgan fingerprint density at radius 2 is 1.91 bits per heavy atom. The van der Waals surface area contributed by atoms with Crippen LogP contribution in [0.2, 0.25) is 0 Å². The van der Waals surface area contributed by atoms with Gasteiger partial charge in [0, 0.05) is 37.5 Å². The highest BCUT2D eigenvalue weighted by molar-refractivity contribution is 7.89. The van der Waals surface area contributed by atoms with Gasteiger partial charge in [-0.1, -0.05) is 24.3 Å². The molecule has 0 bridgehead atoms. The third kappa shape index (κ3) is 4.69. The molecule has 2 aliphatic heterocycles. The van der Waals surface area contributed by atoms with Crippen molar-refractivity contribution in [1.29, 1.82) is 0 Å². The zero-order valence-corrected chi connectivity index (χ0v) is 19.0. The third-order valence-corrected chi connectivity index (χ3v) is 7.77. The number of nitrogens with zero attached hydrogens (tertiary/aromatic N) is 3. The number of fused-ring (bicyclic) bond motifs is 2. The fourth-order valence-corrected chi connectivity index (χ4v) is 6.16. The number of rotatable bonds is 4. The molecule has 33 heavy (non-hydrogen) atoms. The number of nitrogens with one attached hydrogen (secondary N) is 1. The van der Waals surface area contributed by atoms with Crippen LogP contribution in [0.25, 0.3) is 10.8 Å². The average Bonchev–Trinajstić information content (AvgIpc) is 2.76. The summed E-state index contributed by atoms with van der Waals surface area (Å²) >= 11 is 0. The number of piperazine rings is 1. The lowest BCUT2D eigenvalue weighted by Gasteiger charge is -2.46. The highest BCUT2D eigenvalue weighted by atomic mass is 32.2. The minimum atomic E-state index is -4.02. The lowest BCUT2D eigenvalue weighted by molar-refractivity contribution is -0.161. The van der Waals surface area contributed by atoms with Crippen LogP contribution in [0.1, 0.15) is 32.6 Å². The summed E-state index contributed by atoms with van der Waals surface area (Å²) in [6.07, 6.45) is 2.73. The van der Waals surface area contributed by atoms with Crippen LogP contribution in [0.5, 0.6) is 0 Å². The van der Waals surface area contributed by atoms with E-state index in [1.54, 1.807) is 30.3 Å². The maximum absolute atomic E-state index is 13.2. The molecule has 4 rings (SSSR count). The molecule has 1 aromatic heterocycles. The number of sulfonamides is 1. The van der Waals surface area contributed by atoms with E-state index in [1.807, 2.05) is 0 Å². The van der Waals surface area contributed by atoms with Crippen LogP contribution in [0.4, 0.5) is 0 Å². The zero-order chi connectivity index (χ0) is 23.8. The molecule has 10 nitrogen and oxygen atoms in total. The van der Waals surface area contributed by atoms with Crippen molar-refractivity contribution in [2.75, 3.05) is 13.1 Å². The maximum Gasteiger partial charge on any atom is 0.328 e. The number of aliphatic carboxylic acids is 1. The molecule has 0 radical (unpaired) electrons. The predicted molar refractivity (Wildman–Crippen MR) is 119 cm³/mol. The first-order valence-electron chi connectivity index (χ1n) is 10.8. The summed E-state index contributed by atoms with van der Waals surface area (Å²) in [5.41, 5.74) is 0. The molecule has 3 atom stereocenters. The van der Waals surface area contributed by atoms with Crippen molar-refractivity contribution in [3.63, 3.8) is 0 Å². The number of amides is 2. The molecule has 0 spiro atoms. The van der Waals surface area contributed by atoms with E-state index in [2.05, 4.69) is 9.71 Å². The minimum absolute atomic E-state index is 0.0801. The Kier molecular flexibility index (Phi) is 6.35. The number of carboxylic acid groups (broad SMARTS) is 1. The number of hydrogen-bond donors (Lipinski definition) is 2. The van der Waals surface area contributed by atoms with E-state index in [1.165, 1.54) is 22.9 Å². The van der Waals surface area contributed by atoms with Crippen LogP contribution in [0.15, 0.2) is 41.6 Å². The standard InChI is InChI=1S/C22H26N4O6S/c1-14(27)25-12-17-7-4-6-16(11-20(28)26(17)19(13-25)22(29)30)24-33(31,32)21-18-8-3-2-5-15(18)9-10-23-21/h2-3,5,8-10,16-17,19,24H,4,6-7,11-13H2,1H3,(H,29,30). The van der Waals surface area contributed by atoms with Gasteiger partial charge in [0.25, 0.3) is 10.0 Å². The van der Waals surface area contributed by atoms with Crippen molar-refractivity contribution in [2.45, 2.75) is 55.8 Å². The van der Waals surface area contributed by atoms with Gasteiger partial charge >= 0.3 is 5.97 Å². The number of aromatic nitrogens is 1. The Bertz CT molecular complexity index is 1200. The van der Waals surface area contributed by atoms with Gasteiger partial charge < -0.3 is 14.9 Å². The number of carboxylic acids is 1. The van der Waals surface area contributed by atoms with Gasteiger partial charge in [0.2, 0.25) is 11.8 Å². The van der Waals surface area contributed by atoms with Gasteiger partial charge in [-0.05, 0) is 30.7 Å². The summed E-state index contributed by atoms with van der Waals surface area (Å²) in [5.74, 6) is -1.85. The number of carbonyl (C=O) groups excluding carboxylic acids is 2. The summed E-state index contributed by atoms with van der Waals surface area (Å²) < 4.78 is 28.9. The van der Waals surface area contributed by atoms with Gasteiger partial charge in [-0.15, -0.1) is 0 Å². The molecular weight excluding hydrogens is 448 g/mol. The van der Waals surface area contributed by atoms with E-state index >= 15 is 0 Å². The Hall–Kier alpha value is -3.05. The predicted octanol–water partition coefficient (Wildman–Crippen LogP) is 0.968. The van der Waals surface area contributed by atoms with Crippen molar-refractivity contribution in [3.05, 3.63) is 36.5 Å². The quantitative estimate of drug-likeness (QED) is 0.674. The molecule has 0 aliphatic carbocycles. The van der Waals surface area contributed by atoms with Crippen LogP contribution < -0.4 is 4.72 Å². The van der Waals surface area contributed by atoms with Crippen LogP contribution in [-0.2, 0) is 24.4 Å². The van der Waals surface area contributed by atoms with Crippen molar-refractivity contribution < 1.29 is 27.9 Å². The van der Waals surface area contributed by atoms with E-state index in [4.69, 9.17) is 0 Å². The molecule has 1 aromatic carbocycles. The van der Waals surface area contributed by atoms with Gasteiger partial charge in [0.05, 0.1) is 12.6 Å². The number of hydrogen-bond acceptors (Lipinski definition) is 6. The molecule has 2 amide bonds. The summed E-state index contributed by atoms with van der Waals surface area (Å²) in [5, 5.41) is 10.8. The van der Waals surface area contributed by atoms with Gasteiger partial charge in [0.15, 0.2) is 5.03 Å². The highest BCUT2D eigenvalue weighted by Crippen LogP contribution is 2.27. The fourth-order valence-electron chi connectivity index (χ4n) is 4.73. The van der Waals surface area contributed by atoms with Gasteiger partial charge in [-0.2, -0.15) is 0 Å². The molecule has 3 unspecified atom stereocenters. The monoisotopic (exact) mass is 474 g/mol. The summed E-state index contributed by atoms with van der Waals surface area (Å²) in [6.45, 7) is 1.58. The molecule has 2 aliphatic rings. The van der Waals surface area contributed by atoms with Crippen molar-refractivity contribution in [2.24, 2.45) is 0 Å². The summed E-state index contributed by atoms with van der Waals surface area (Å²) in [6, 6.07) is 6.48. The number of pyridine rings is 1. The normalized spacial score (nSPS) is 24.2. The molecule has 2 fully saturated rings. The zero-order valence-electron chi connectivity index (χ0n) is 18.2. The van der Waals surface area contributed by atoms with E-state index in [0.717, 1.165) is 5.39 Å². The van der Waals surface area contributed by atoms with Crippen molar-refractivity contribution in [3.8, 4) is 0 Å². The molecule has 3 heterocycles. The van der Waals surface area contributed by atoms with E-state index in [-0.39, 0.29) is 30.4 Å². The van der Waals surface area contributed by atoms with Crippen LogP contribution in [0.3, 0.4) is 0 Å². The molecular formula is C22H26N4O6S. The first-order chi connectivity index (χ1) is 15.7. The van der Waals surface area contributed by atoms with Crippen LogP contribution in [0, 0.1) is 0 Å². The van der Waals surface area contributed by atoms with Crippen LogP contribution >= 0.6 is 0 Å². The second kappa shape index (κ2) is 9.06. The molecule has 176 valence electrons. The Balaban J connectivity index is 1.57. The number of benzene rings is 1. The van der Waals surface area contributed by atoms with Gasteiger partial charge in [-0.25, -0.2) is 22.9 Å². The fraction of sp³-hybridized carbons (Fsp3) is 0.455. The maximum atomic E-state index is 13.2. The van der Waals surface area contributed by atoms with Crippen molar-refractivity contribution in [1.82, 2.24) is 19.5 Å². The second-order valence-electron chi connectivity index (χ2n) is 8.52. The van der Waals surface area contributed by atoms with E-state index < -0.39 is 40.0 Å². The largest absolute Gasteiger partial charge is 0.480 e. The molecule has 2 aromatic rings. The topological polar surface area (TPSA) is 137 Å². The molecule has 2 saturated heterocycles. The first-order valence-corrected chi connectivity index (χ1v) is 12.3. The van der Waals surface area contributed by atoms with Crippen LogP contribution in [-0.4, -0.2) is 77.3 Å². The van der Waals surface area contributed by atoms with E-state index in [9.17, 15) is 27.9 Å². The SMILES string of the molecule is CC(=O)N1CC2CCCC(NS(=O)(=O)c3nccc4ccccc34)CC(=O)N2C(C(=O)O)C1. The first kappa shape index (κ1) is 23.1. The molecule has 0 saturated carbocycles. The summed E-state index contributed by atoms with van der Waals surface area (Å²) in [7, 11) is -4.02. The lowest BCUT2D eigenvalue weighted by atomic mass is 9.94. The smallest absolute Gasteiger partial charge is 0.328 e. The van der Waals surface area contributed by atoms with E-state index in [0.29, 0.717) is 24.6 Å². The Morgan fingerprint density at radius 1 is 1.15 bits per heavy atom. The highest BCUT2D eigenvalue weighted by Gasteiger charge is 2.43. The third-order valence-electron chi connectivity index (χ3n) is 6.30.